The van der Waals surface area contributed by atoms with Gasteiger partial charge in [-0.25, -0.2) is 4.39 Å². The van der Waals surface area contributed by atoms with Crippen molar-refractivity contribution in [1.82, 2.24) is 0 Å². The van der Waals surface area contributed by atoms with Crippen molar-refractivity contribution in [3.8, 4) is 0 Å². The minimum Gasteiger partial charge on any atom is -0.350 e. The van der Waals surface area contributed by atoms with Gasteiger partial charge < -0.3 is 9.47 Å². The van der Waals surface area contributed by atoms with Crippen LogP contribution in [0.15, 0.2) is 0 Å². The third-order valence-corrected chi connectivity index (χ3v) is 1.61. The zero-order chi connectivity index (χ0) is 8.27. The molecule has 0 saturated carbocycles. The molecule has 0 spiro atoms. The highest BCUT2D eigenvalue weighted by Crippen LogP contribution is 2.18. The molecule has 1 aliphatic rings. The van der Waals surface area contributed by atoms with E-state index in [-0.39, 0.29) is 6.10 Å². The van der Waals surface area contributed by atoms with Gasteiger partial charge in [-0.1, -0.05) is 0 Å². The Kier molecular flexibility index (Phi) is 3.27. The van der Waals surface area contributed by atoms with E-state index in [4.69, 9.17) is 9.47 Å². The lowest BCUT2D eigenvalue weighted by molar-refractivity contribution is -0.212. The molecule has 0 aromatic heterocycles. The van der Waals surface area contributed by atoms with Crippen molar-refractivity contribution in [2.75, 3.05) is 6.61 Å². The van der Waals surface area contributed by atoms with Crippen LogP contribution in [0, 0.1) is 0 Å². The van der Waals surface area contributed by atoms with Crippen molar-refractivity contribution < 1.29 is 13.9 Å². The van der Waals surface area contributed by atoms with Crippen LogP contribution in [-0.4, -0.2) is 25.2 Å². The van der Waals surface area contributed by atoms with E-state index in [9.17, 15) is 4.39 Å². The first kappa shape index (κ1) is 8.94. The Balaban J connectivity index is 2.29. The first-order valence-electron chi connectivity index (χ1n) is 4.11. The summed E-state index contributed by atoms with van der Waals surface area (Å²) in [5, 5.41) is 0. The molecule has 1 heterocycles. The van der Waals surface area contributed by atoms with Crippen LogP contribution in [0.5, 0.6) is 0 Å². The highest BCUT2D eigenvalue weighted by Gasteiger charge is 2.26. The summed E-state index contributed by atoms with van der Waals surface area (Å²) in [4.78, 5) is 0. The SMILES string of the molecule is CC(C)O[C@@H]1OCCC[C@@H]1F. The minimum atomic E-state index is -0.939. The average Bonchev–Trinajstić information content (AvgIpc) is 1.93. The molecule has 0 N–H and O–H groups in total. The lowest BCUT2D eigenvalue weighted by atomic mass is 10.2. The Bertz CT molecular complexity index is 117. The van der Waals surface area contributed by atoms with E-state index >= 15 is 0 Å². The fourth-order valence-electron chi connectivity index (χ4n) is 1.11. The van der Waals surface area contributed by atoms with E-state index in [1.807, 2.05) is 13.8 Å². The van der Waals surface area contributed by atoms with Crippen LogP contribution in [-0.2, 0) is 9.47 Å². The fourth-order valence-corrected chi connectivity index (χ4v) is 1.11. The van der Waals surface area contributed by atoms with Crippen LogP contribution in [0.4, 0.5) is 4.39 Å². The molecule has 11 heavy (non-hydrogen) atoms. The molecule has 1 aliphatic heterocycles. The van der Waals surface area contributed by atoms with E-state index in [0.29, 0.717) is 13.0 Å². The molecule has 2 nitrogen and oxygen atoms in total. The molecule has 1 saturated heterocycles. The van der Waals surface area contributed by atoms with Crippen molar-refractivity contribution >= 4 is 0 Å². The maximum Gasteiger partial charge on any atom is 0.189 e. The van der Waals surface area contributed by atoms with Gasteiger partial charge in [0, 0.05) is 6.61 Å². The summed E-state index contributed by atoms with van der Waals surface area (Å²) in [6.07, 6.45) is -0.150. The highest BCUT2D eigenvalue weighted by atomic mass is 19.1. The van der Waals surface area contributed by atoms with E-state index in [1.54, 1.807) is 0 Å². The lowest BCUT2D eigenvalue weighted by Gasteiger charge is -2.27. The van der Waals surface area contributed by atoms with Gasteiger partial charge in [-0.15, -0.1) is 0 Å². The predicted octanol–water partition coefficient (Wildman–Crippen LogP) is 1.89. The molecule has 0 radical (unpaired) electrons. The number of halogens is 1. The Morgan fingerprint density at radius 2 is 2.27 bits per heavy atom. The first-order valence-corrected chi connectivity index (χ1v) is 4.11. The summed E-state index contributed by atoms with van der Waals surface area (Å²) < 4.78 is 23.3. The lowest BCUT2D eigenvalue weighted by Crippen LogP contribution is -2.35. The minimum absolute atomic E-state index is 0.0383. The topological polar surface area (TPSA) is 18.5 Å². The third kappa shape index (κ3) is 2.75. The zero-order valence-electron chi connectivity index (χ0n) is 7.05. The van der Waals surface area contributed by atoms with Gasteiger partial charge in [-0.2, -0.15) is 0 Å². The second kappa shape index (κ2) is 4.02. The Hall–Kier alpha value is -0.150. The number of ether oxygens (including phenoxy) is 2. The summed E-state index contributed by atoms with van der Waals surface area (Å²) in [6.45, 7) is 4.38. The standard InChI is InChI=1S/C8H15FO2/c1-6(2)11-8-7(9)4-3-5-10-8/h6-8H,3-5H2,1-2H3/t7-,8-/m0/s1. The van der Waals surface area contributed by atoms with Crippen molar-refractivity contribution in [3.63, 3.8) is 0 Å². The quantitative estimate of drug-likeness (QED) is 0.617. The predicted molar refractivity (Wildman–Crippen MR) is 40.1 cm³/mol. The van der Waals surface area contributed by atoms with Crippen LogP contribution in [0.2, 0.25) is 0 Å². The van der Waals surface area contributed by atoms with Crippen LogP contribution in [0.25, 0.3) is 0 Å². The normalized spacial score (nSPS) is 32.7. The summed E-state index contributed by atoms with van der Waals surface area (Å²) in [6, 6.07) is 0. The van der Waals surface area contributed by atoms with Crippen LogP contribution in [0.1, 0.15) is 26.7 Å². The summed E-state index contributed by atoms with van der Waals surface area (Å²) in [5.41, 5.74) is 0. The molecule has 0 aromatic carbocycles. The van der Waals surface area contributed by atoms with E-state index < -0.39 is 12.5 Å². The van der Waals surface area contributed by atoms with Crippen molar-refractivity contribution in [3.05, 3.63) is 0 Å². The largest absolute Gasteiger partial charge is 0.350 e. The van der Waals surface area contributed by atoms with E-state index in [2.05, 4.69) is 0 Å². The monoisotopic (exact) mass is 162 g/mol. The van der Waals surface area contributed by atoms with Gasteiger partial charge in [0.1, 0.15) is 0 Å². The summed E-state index contributed by atoms with van der Waals surface area (Å²) >= 11 is 0. The Morgan fingerprint density at radius 1 is 1.55 bits per heavy atom. The zero-order valence-corrected chi connectivity index (χ0v) is 7.05. The maximum absolute atomic E-state index is 13.0. The van der Waals surface area contributed by atoms with Crippen molar-refractivity contribution in [2.24, 2.45) is 0 Å². The molecule has 0 aliphatic carbocycles. The molecule has 0 bridgehead atoms. The van der Waals surface area contributed by atoms with Crippen molar-refractivity contribution in [2.45, 2.75) is 45.3 Å². The van der Waals surface area contributed by atoms with Gasteiger partial charge >= 0.3 is 0 Å². The van der Waals surface area contributed by atoms with E-state index in [1.165, 1.54) is 0 Å². The summed E-state index contributed by atoms with van der Waals surface area (Å²) in [5.74, 6) is 0. The second-order valence-corrected chi connectivity index (χ2v) is 3.08. The van der Waals surface area contributed by atoms with Crippen LogP contribution in [0.3, 0.4) is 0 Å². The third-order valence-electron chi connectivity index (χ3n) is 1.61. The van der Waals surface area contributed by atoms with Gasteiger partial charge in [-0.3, -0.25) is 0 Å². The summed E-state index contributed by atoms with van der Waals surface area (Å²) in [7, 11) is 0. The van der Waals surface area contributed by atoms with Gasteiger partial charge in [0.25, 0.3) is 0 Å². The molecular weight excluding hydrogens is 147 g/mol. The molecular formula is C8H15FO2. The number of hydrogen-bond donors (Lipinski definition) is 0. The molecule has 0 aromatic rings. The maximum atomic E-state index is 13.0. The number of hydrogen-bond acceptors (Lipinski definition) is 2. The smallest absolute Gasteiger partial charge is 0.189 e. The van der Waals surface area contributed by atoms with Gasteiger partial charge in [0.15, 0.2) is 12.5 Å². The fraction of sp³-hybridized carbons (Fsp3) is 1.00. The highest BCUT2D eigenvalue weighted by molar-refractivity contribution is 4.66. The average molecular weight is 162 g/mol. The van der Waals surface area contributed by atoms with Crippen molar-refractivity contribution in [1.29, 1.82) is 0 Å². The number of alkyl halides is 1. The first-order chi connectivity index (χ1) is 5.20. The van der Waals surface area contributed by atoms with E-state index in [0.717, 1.165) is 6.42 Å². The molecule has 0 unspecified atom stereocenters. The van der Waals surface area contributed by atoms with Crippen LogP contribution < -0.4 is 0 Å². The molecule has 66 valence electrons. The molecule has 1 fully saturated rings. The molecule has 2 atom stereocenters. The van der Waals surface area contributed by atoms with Gasteiger partial charge in [0.2, 0.25) is 0 Å². The van der Waals surface area contributed by atoms with Gasteiger partial charge in [0.05, 0.1) is 6.10 Å². The molecule has 3 heteroatoms. The van der Waals surface area contributed by atoms with Crippen LogP contribution >= 0.6 is 0 Å². The second-order valence-electron chi connectivity index (χ2n) is 3.08. The molecule has 0 amide bonds. The van der Waals surface area contributed by atoms with Gasteiger partial charge in [-0.05, 0) is 26.7 Å². The Labute approximate surface area is 66.7 Å². The number of rotatable bonds is 2. The molecule has 1 rings (SSSR count). The Morgan fingerprint density at radius 3 is 2.82 bits per heavy atom.